The summed E-state index contributed by atoms with van der Waals surface area (Å²) >= 11 is 0. The summed E-state index contributed by atoms with van der Waals surface area (Å²) in [7, 11) is 0. The molecule has 0 aliphatic heterocycles. The van der Waals surface area contributed by atoms with Crippen LogP contribution in [0.4, 0.5) is 0 Å². The predicted molar refractivity (Wildman–Crippen MR) is 43.8 cm³/mol. The van der Waals surface area contributed by atoms with Crippen molar-refractivity contribution in [3.63, 3.8) is 0 Å². The zero-order valence-corrected chi connectivity index (χ0v) is 6.58. The third-order valence-electron chi connectivity index (χ3n) is 1.38. The van der Waals surface area contributed by atoms with E-state index in [2.05, 4.69) is 19.9 Å². The quantitative estimate of drug-likeness (QED) is 0.331. The molecule has 0 rings (SSSR count). The number of allylic oxidation sites excluding steroid dienone is 4. The molecule has 0 bridgehead atoms. The summed E-state index contributed by atoms with van der Waals surface area (Å²) in [4.78, 5) is 9.80. The van der Waals surface area contributed by atoms with Gasteiger partial charge in [0.2, 0.25) is 0 Å². The van der Waals surface area contributed by atoms with Crippen LogP contribution in [0.15, 0.2) is 24.3 Å². The predicted octanol–water partition coefficient (Wildman–Crippen LogP) is 2.34. The lowest BCUT2D eigenvalue weighted by molar-refractivity contribution is -0.104. The SMILES string of the molecule is CC[C@@H](C)/C=C/C=C/C=O. The van der Waals surface area contributed by atoms with Gasteiger partial charge in [0.05, 0.1) is 0 Å². The van der Waals surface area contributed by atoms with E-state index < -0.39 is 0 Å². The standard InChI is InChI=1S/C9H14O/c1-3-9(2)7-5-4-6-8-10/h4-9H,3H2,1-2H3/b6-4+,7-5+/t9-/m1/s1. The zero-order valence-electron chi connectivity index (χ0n) is 6.58. The molecule has 0 N–H and O–H groups in total. The second kappa shape index (κ2) is 6.27. The van der Waals surface area contributed by atoms with Crippen LogP contribution in [0.2, 0.25) is 0 Å². The summed E-state index contributed by atoms with van der Waals surface area (Å²) in [5.41, 5.74) is 0. The van der Waals surface area contributed by atoms with Crippen molar-refractivity contribution in [2.75, 3.05) is 0 Å². The van der Waals surface area contributed by atoms with Gasteiger partial charge in [0, 0.05) is 0 Å². The minimum Gasteiger partial charge on any atom is -0.299 e. The van der Waals surface area contributed by atoms with Crippen LogP contribution < -0.4 is 0 Å². The van der Waals surface area contributed by atoms with Crippen LogP contribution in [-0.4, -0.2) is 6.29 Å². The van der Waals surface area contributed by atoms with E-state index in [9.17, 15) is 4.79 Å². The largest absolute Gasteiger partial charge is 0.299 e. The first kappa shape index (κ1) is 9.15. The van der Waals surface area contributed by atoms with Gasteiger partial charge in [0.1, 0.15) is 6.29 Å². The van der Waals surface area contributed by atoms with Gasteiger partial charge in [-0.25, -0.2) is 0 Å². The smallest absolute Gasteiger partial charge is 0.142 e. The fourth-order valence-corrected chi connectivity index (χ4v) is 0.499. The molecule has 10 heavy (non-hydrogen) atoms. The summed E-state index contributed by atoms with van der Waals surface area (Å²) in [6.45, 7) is 4.28. The lowest BCUT2D eigenvalue weighted by Gasteiger charge is -1.96. The van der Waals surface area contributed by atoms with E-state index in [0.717, 1.165) is 12.7 Å². The molecule has 1 heteroatoms. The van der Waals surface area contributed by atoms with Gasteiger partial charge in [-0.3, -0.25) is 4.79 Å². The van der Waals surface area contributed by atoms with Gasteiger partial charge < -0.3 is 0 Å². The average molecular weight is 138 g/mol. The molecule has 0 spiro atoms. The summed E-state index contributed by atoms with van der Waals surface area (Å²) in [6.07, 6.45) is 9.15. The maximum Gasteiger partial charge on any atom is 0.142 e. The molecule has 0 fully saturated rings. The first-order chi connectivity index (χ1) is 4.81. The van der Waals surface area contributed by atoms with Crippen molar-refractivity contribution in [1.29, 1.82) is 0 Å². The zero-order chi connectivity index (χ0) is 7.82. The molecule has 0 radical (unpaired) electrons. The van der Waals surface area contributed by atoms with E-state index in [1.165, 1.54) is 6.08 Å². The average Bonchev–Trinajstić information content (AvgIpc) is 1.98. The molecule has 0 heterocycles. The van der Waals surface area contributed by atoms with Crippen molar-refractivity contribution in [2.45, 2.75) is 20.3 Å². The monoisotopic (exact) mass is 138 g/mol. The van der Waals surface area contributed by atoms with E-state index in [1.54, 1.807) is 6.08 Å². The van der Waals surface area contributed by atoms with Gasteiger partial charge in [-0.15, -0.1) is 0 Å². The fourth-order valence-electron chi connectivity index (χ4n) is 0.499. The number of aldehydes is 1. The molecule has 0 aliphatic rings. The van der Waals surface area contributed by atoms with Crippen LogP contribution in [0.3, 0.4) is 0 Å². The number of hydrogen-bond acceptors (Lipinski definition) is 1. The Kier molecular flexibility index (Phi) is 5.74. The number of carbonyl (C=O) groups is 1. The fraction of sp³-hybridized carbons (Fsp3) is 0.444. The first-order valence-corrected chi connectivity index (χ1v) is 3.60. The molecule has 0 amide bonds. The van der Waals surface area contributed by atoms with Crippen molar-refractivity contribution in [2.24, 2.45) is 5.92 Å². The Labute approximate surface area is 62.4 Å². The van der Waals surface area contributed by atoms with Crippen molar-refractivity contribution < 1.29 is 4.79 Å². The van der Waals surface area contributed by atoms with Gasteiger partial charge >= 0.3 is 0 Å². The molecule has 0 aromatic carbocycles. The third kappa shape index (κ3) is 5.29. The Hall–Kier alpha value is -0.850. The van der Waals surface area contributed by atoms with Gasteiger partial charge in [0.15, 0.2) is 0 Å². The normalized spacial score (nSPS) is 14.6. The maximum atomic E-state index is 9.80. The highest BCUT2D eigenvalue weighted by Crippen LogP contribution is 2.01. The van der Waals surface area contributed by atoms with Gasteiger partial charge in [-0.2, -0.15) is 0 Å². The Morgan fingerprint density at radius 1 is 1.30 bits per heavy atom. The molecule has 0 aliphatic carbocycles. The van der Waals surface area contributed by atoms with E-state index >= 15 is 0 Å². The van der Waals surface area contributed by atoms with Crippen LogP contribution in [0.5, 0.6) is 0 Å². The third-order valence-corrected chi connectivity index (χ3v) is 1.38. The molecule has 0 saturated heterocycles. The highest BCUT2D eigenvalue weighted by atomic mass is 16.1. The topological polar surface area (TPSA) is 17.1 Å². The molecule has 0 aromatic heterocycles. The van der Waals surface area contributed by atoms with Crippen LogP contribution in [-0.2, 0) is 4.79 Å². The number of hydrogen-bond donors (Lipinski definition) is 0. The van der Waals surface area contributed by atoms with Gasteiger partial charge in [-0.1, -0.05) is 38.5 Å². The van der Waals surface area contributed by atoms with Crippen LogP contribution in [0.1, 0.15) is 20.3 Å². The molecule has 1 nitrogen and oxygen atoms in total. The Morgan fingerprint density at radius 3 is 2.50 bits per heavy atom. The molecule has 0 saturated carbocycles. The van der Waals surface area contributed by atoms with Crippen LogP contribution in [0, 0.1) is 5.92 Å². The summed E-state index contributed by atoms with van der Waals surface area (Å²) in [5, 5.41) is 0. The minimum atomic E-state index is 0.608. The molecule has 56 valence electrons. The van der Waals surface area contributed by atoms with Crippen molar-refractivity contribution >= 4 is 6.29 Å². The highest BCUT2D eigenvalue weighted by Gasteiger charge is 1.86. The highest BCUT2D eigenvalue weighted by molar-refractivity contribution is 5.65. The summed E-state index contributed by atoms with van der Waals surface area (Å²) in [6, 6.07) is 0. The summed E-state index contributed by atoms with van der Waals surface area (Å²) in [5.74, 6) is 0.608. The van der Waals surface area contributed by atoms with Crippen LogP contribution >= 0.6 is 0 Å². The van der Waals surface area contributed by atoms with Crippen molar-refractivity contribution in [3.8, 4) is 0 Å². The van der Waals surface area contributed by atoms with E-state index in [-0.39, 0.29) is 0 Å². The second-order valence-corrected chi connectivity index (χ2v) is 2.29. The summed E-state index contributed by atoms with van der Waals surface area (Å²) < 4.78 is 0. The molecule has 0 aromatic rings. The molecular weight excluding hydrogens is 124 g/mol. The van der Waals surface area contributed by atoms with Gasteiger partial charge in [-0.05, 0) is 12.0 Å². The second-order valence-electron chi connectivity index (χ2n) is 2.29. The lowest BCUT2D eigenvalue weighted by Crippen LogP contribution is -1.82. The van der Waals surface area contributed by atoms with Gasteiger partial charge in [0.25, 0.3) is 0 Å². The number of carbonyl (C=O) groups excluding carboxylic acids is 1. The number of rotatable bonds is 4. The molecular formula is C9H14O. The van der Waals surface area contributed by atoms with Crippen molar-refractivity contribution in [1.82, 2.24) is 0 Å². The Morgan fingerprint density at radius 2 is 2.00 bits per heavy atom. The molecule has 1 atom stereocenters. The lowest BCUT2D eigenvalue weighted by atomic mass is 10.1. The van der Waals surface area contributed by atoms with E-state index in [4.69, 9.17) is 0 Å². The van der Waals surface area contributed by atoms with Crippen LogP contribution in [0.25, 0.3) is 0 Å². The first-order valence-electron chi connectivity index (χ1n) is 3.60. The van der Waals surface area contributed by atoms with E-state index in [1.807, 2.05) is 6.08 Å². The Balaban J connectivity index is 3.54. The molecule has 0 unspecified atom stereocenters. The minimum absolute atomic E-state index is 0.608. The maximum absolute atomic E-state index is 9.80. The Bertz CT molecular complexity index is 134. The van der Waals surface area contributed by atoms with Crippen molar-refractivity contribution in [3.05, 3.63) is 24.3 Å². The van der Waals surface area contributed by atoms with E-state index in [0.29, 0.717) is 5.92 Å².